The molecule has 1 fully saturated rings. The number of rotatable bonds is 6. The number of anilines is 1. The van der Waals surface area contributed by atoms with Crippen LogP contribution < -0.4 is 5.32 Å². The van der Waals surface area contributed by atoms with E-state index in [2.05, 4.69) is 52.8 Å². The number of piperidine rings is 1. The smallest absolute Gasteiger partial charge is 0.211 e. The van der Waals surface area contributed by atoms with Crippen molar-refractivity contribution in [3.8, 4) is 17.2 Å². The Labute approximate surface area is 183 Å². The molecule has 6 nitrogen and oxygen atoms in total. The molecule has 0 aliphatic carbocycles. The quantitative estimate of drug-likeness (QED) is 0.629. The summed E-state index contributed by atoms with van der Waals surface area (Å²) in [5, 5.41) is 14.6. The van der Waals surface area contributed by atoms with Crippen LogP contribution in [0.1, 0.15) is 24.8 Å². The Bertz CT molecular complexity index is 1210. The van der Waals surface area contributed by atoms with Gasteiger partial charge in [0.1, 0.15) is 0 Å². The monoisotopic (exact) mass is 434 g/mol. The van der Waals surface area contributed by atoms with Crippen molar-refractivity contribution in [1.82, 2.24) is 9.29 Å². The van der Waals surface area contributed by atoms with Crippen molar-refractivity contribution >= 4 is 26.5 Å². The number of pyridine rings is 1. The summed E-state index contributed by atoms with van der Waals surface area (Å²) in [5.74, 6) is 0. The lowest BCUT2D eigenvalue weighted by atomic mass is 9.98. The number of nitrogens with one attached hydrogen (secondary N) is 1. The fourth-order valence-corrected chi connectivity index (χ4v) is 4.97. The van der Waals surface area contributed by atoms with E-state index in [1.54, 1.807) is 10.5 Å². The molecule has 7 heteroatoms. The molecular formula is C24H26N4O2S. The predicted molar refractivity (Wildman–Crippen MR) is 124 cm³/mol. The summed E-state index contributed by atoms with van der Waals surface area (Å²) in [6.45, 7) is 1.08. The number of fused-ring (bicyclic) bond motifs is 1. The van der Waals surface area contributed by atoms with E-state index in [0.717, 1.165) is 52.4 Å². The summed E-state index contributed by atoms with van der Waals surface area (Å²) < 4.78 is 25.1. The molecule has 1 aromatic heterocycles. The Morgan fingerprint density at radius 1 is 1.13 bits per heavy atom. The second-order valence-electron chi connectivity index (χ2n) is 8.06. The molecular weight excluding hydrogens is 408 g/mol. The van der Waals surface area contributed by atoms with Crippen LogP contribution >= 0.6 is 0 Å². The van der Waals surface area contributed by atoms with E-state index in [1.807, 2.05) is 12.3 Å². The van der Waals surface area contributed by atoms with E-state index in [1.165, 1.54) is 6.26 Å². The van der Waals surface area contributed by atoms with Crippen LogP contribution in [0, 0.1) is 11.3 Å². The van der Waals surface area contributed by atoms with Gasteiger partial charge in [-0.25, -0.2) is 12.7 Å². The molecule has 3 aromatic rings. The average molecular weight is 435 g/mol. The van der Waals surface area contributed by atoms with Gasteiger partial charge >= 0.3 is 0 Å². The number of benzene rings is 2. The predicted octanol–water partition coefficient (Wildman–Crippen LogP) is 4.19. The summed E-state index contributed by atoms with van der Waals surface area (Å²) >= 11 is 0. The summed E-state index contributed by atoms with van der Waals surface area (Å²) in [4.78, 5) is 4.30. The highest BCUT2D eigenvalue weighted by Crippen LogP contribution is 2.32. The largest absolute Gasteiger partial charge is 0.382 e. The maximum Gasteiger partial charge on any atom is 0.211 e. The van der Waals surface area contributed by atoms with Crippen LogP contribution in [-0.4, -0.2) is 43.1 Å². The molecule has 1 aliphatic rings. The summed E-state index contributed by atoms with van der Waals surface area (Å²) in [6, 6.07) is 17.1. The lowest BCUT2D eigenvalue weighted by molar-refractivity contribution is 0.332. The fourth-order valence-electron chi connectivity index (χ4n) is 4.10. The maximum absolute atomic E-state index is 11.8. The number of aryl methyl sites for hydroxylation is 1. The van der Waals surface area contributed by atoms with Gasteiger partial charge in [-0.15, -0.1) is 0 Å². The van der Waals surface area contributed by atoms with Crippen molar-refractivity contribution < 1.29 is 8.42 Å². The van der Waals surface area contributed by atoms with Crippen LogP contribution in [-0.2, 0) is 16.4 Å². The van der Waals surface area contributed by atoms with Gasteiger partial charge in [0.05, 0.1) is 12.3 Å². The molecule has 160 valence electrons. The molecule has 1 N–H and O–H groups in total. The van der Waals surface area contributed by atoms with Crippen LogP contribution in [0.4, 0.5) is 5.69 Å². The minimum absolute atomic E-state index is 0.213. The summed E-state index contributed by atoms with van der Waals surface area (Å²) in [6.07, 6.45) is 7.77. The third kappa shape index (κ3) is 5.04. The van der Waals surface area contributed by atoms with E-state index in [4.69, 9.17) is 5.26 Å². The van der Waals surface area contributed by atoms with Crippen molar-refractivity contribution in [1.29, 1.82) is 5.26 Å². The molecule has 4 rings (SSSR count). The van der Waals surface area contributed by atoms with Crippen molar-refractivity contribution in [2.24, 2.45) is 0 Å². The van der Waals surface area contributed by atoms with Crippen molar-refractivity contribution in [2.75, 3.05) is 24.7 Å². The van der Waals surface area contributed by atoms with Gasteiger partial charge in [0.2, 0.25) is 10.0 Å². The fraction of sp³-hybridized carbons (Fsp3) is 0.333. The first-order valence-electron chi connectivity index (χ1n) is 10.5. The molecule has 1 aliphatic heterocycles. The van der Waals surface area contributed by atoms with E-state index in [-0.39, 0.29) is 6.04 Å². The number of nitrogens with zero attached hydrogens (tertiary/aromatic N) is 3. The Balaban J connectivity index is 1.59. The maximum atomic E-state index is 11.8. The zero-order valence-corrected chi connectivity index (χ0v) is 18.4. The van der Waals surface area contributed by atoms with E-state index in [0.29, 0.717) is 19.5 Å². The number of aromatic nitrogens is 1. The van der Waals surface area contributed by atoms with Crippen molar-refractivity contribution in [2.45, 2.75) is 31.7 Å². The number of nitriles is 1. The minimum Gasteiger partial charge on any atom is -0.382 e. The van der Waals surface area contributed by atoms with Gasteiger partial charge < -0.3 is 5.32 Å². The Hall–Kier alpha value is -2.95. The van der Waals surface area contributed by atoms with Gasteiger partial charge in [-0.2, -0.15) is 5.26 Å². The third-order valence-corrected chi connectivity index (χ3v) is 7.15. The molecule has 0 spiro atoms. The van der Waals surface area contributed by atoms with Crippen LogP contribution in [0.5, 0.6) is 0 Å². The minimum atomic E-state index is -3.13. The van der Waals surface area contributed by atoms with Gasteiger partial charge in [-0.3, -0.25) is 4.98 Å². The topological polar surface area (TPSA) is 86.1 Å². The van der Waals surface area contributed by atoms with Crippen LogP contribution in [0.15, 0.2) is 54.9 Å². The van der Waals surface area contributed by atoms with Gasteiger partial charge in [0, 0.05) is 49.0 Å². The van der Waals surface area contributed by atoms with Crippen molar-refractivity contribution in [3.05, 3.63) is 60.4 Å². The Kier molecular flexibility index (Phi) is 6.21. The highest BCUT2D eigenvalue weighted by Gasteiger charge is 2.25. The normalized spacial score (nSPS) is 15.6. The highest BCUT2D eigenvalue weighted by molar-refractivity contribution is 7.88. The van der Waals surface area contributed by atoms with Gasteiger partial charge in [0.15, 0.2) is 0 Å². The number of hydrogen-bond donors (Lipinski definition) is 1. The van der Waals surface area contributed by atoms with Gasteiger partial charge in [-0.05, 0) is 59.5 Å². The Morgan fingerprint density at radius 2 is 1.87 bits per heavy atom. The second-order valence-corrected chi connectivity index (χ2v) is 10.0. The molecule has 31 heavy (non-hydrogen) atoms. The van der Waals surface area contributed by atoms with Gasteiger partial charge in [0.25, 0.3) is 0 Å². The molecule has 0 bridgehead atoms. The SMILES string of the molecule is CS(=O)(=O)N1CCC(Nc2cc(-c3ccc(CCC#N)cc3)cc3ccncc23)CC1. The first-order valence-corrected chi connectivity index (χ1v) is 12.3. The first-order chi connectivity index (χ1) is 14.9. The molecule has 2 heterocycles. The van der Waals surface area contributed by atoms with E-state index >= 15 is 0 Å². The Morgan fingerprint density at radius 3 is 2.55 bits per heavy atom. The number of hydrogen-bond acceptors (Lipinski definition) is 5. The molecule has 0 amide bonds. The van der Waals surface area contributed by atoms with Crippen LogP contribution in [0.3, 0.4) is 0 Å². The van der Waals surface area contributed by atoms with E-state index < -0.39 is 10.0 Å². The lowest BCUT2D eigenvalue weighted by Crippen LogP contribution is -2.41. The molecule has 0 radical (unpaired) electrons. The van der Waals surface area contributed by atoms with Crippen molar-refractivity contribution in [3.63, 3.8) is 0 Å². The molecule has 0 unspecified atom stereocenters. The number of sulfonamides is 1. The van der Waals surface area contributed by atoms with Gasteiger partial charge in [-0.1, -0.05) is 24.3 Å². The first kappa shape index (κ1) is 21.3. The summed E-state index contributed by atoms with van der Waals surface area (Å²) in [5.41, 5.74) is 4.41. The van der Waals surface area contributed by atoms with E-state index in [9.17, 15) is 8.42 Å². The van der Waals surface area contributed by atoms with Crippen LogP contribution in [0.25, 0.3) is 21.9 Å². The van der Waals surface area contributed by atoms with Crippen LogP contribution in [0.2, 0.25) is 0 Å². The highest BCUT2D eigenvalue weighted by atomic mass is 32.2. The molecule has 2 aromatic carbocycles. The second kappa shape index (κ2) is 9.04. The molecule has 1 saturated heterocycles. The average Bonchev–Trinajstić information content (AvgIpc) is 2.78. The standard InChI is InChI=1S/C24H26N4O2S/c1-31(29,30)28-13-9-22(10-14-28)27-24-16-21(15-20-8-12-26-17-23(20)24)19-6-4-18(5-7-19)3-2-11-25/h4-8,12,15-17,22,27H,2-3,9-10,13-14H2,1H3. The zero-order valence-electron chi connectivity index (χ0n) is 17.6. The third-order valence-electron chi connectivity index (χ3n) is 5.85. The molecule has 0 atom stereocenters. The molecule has 0 saturated carbocycles. The summed E-state index contributed by atoms with van der Waals surface area (Å²) in [7, 11) is -3.13. The zero-order chi connectivity index (χ0) is 21.8. The lowest BCUT2D eigenvalue weighted by Gasteiger charge is -2.31.